The van der Waals surface area contributed by atoms with E-state index in [2.05, 4.69) is 36.2 Å². The Morgan fingerprint density at radius 3 is 2.58 bits per heavy atom. The minimum absolute atomic E-state index is 0.478. The van der Waals surface area contributed by atoms with Crippen molar-refractivity contribution in [3.05, 3.63) is 99.8 Å². The minimum Gasteiger partial charge on any atom is -0.493 e. The van der Waals surface area contributed by atoms with Gasteiger partial charge in [0.1, 0.15) is 6.61 Å². The monoisotopic (exact) mass is 520 g/mol. The van der Waals surface area contributed by atoms with Crippen molar-refractivity contribution in [1.29, 1.82) is 0 Å². The van der Waals surface area contributed by atoms with Crippen molar-refractivity contribution < 1.29 is 9.47 Å². The fraction of sp³-hybridized carbons (Fsp3) is 0.250. The van der Waals surface area contributed by atoms with Gasteiger partial charge in [0.2, 0.25) is 5.16 Å². The molecule has 0 saturated carbocycles. The summed E-state index contributed by atoms with van der Waals surface area (Å²) in [5, 5.41) is 14.9. The van der Waals surface area contributed by atoms with Crippen molar-refractivity contribution in [2.24, 2.45) is 5.10 Å². The summed E-state index contributed by atoms with van der Waals surface area (Å²) in [6, 6.07) is 21.8. The molecule has 36 heavy (non-hydrogen) atoms. The van der Waals surface area contributed by atoms with E-state index < -0.39 is 0 Å². The Balaban J connectivity index is 1.50. The van der Waals surface area contributed by atoms with Crippen LogP contribution in [0.5, 0.6) is 11.5 Å². The number of hydrogen-bond donors (Lipinski definition) is 0. The van der Waals surface area contributed by atoms with Gasteiger partial charge < -0.3 is 9.47 Å². The van der Waals surface area contributed by atoms with Crippen molar-refractivity contribution >= 4 is 29.6 Å². The predicted molar refractivity (Wildman–Crippen MR) is 147 cm³/mol. The lowest BCUT2D eigenvalue weighted by Crippen LogP contribution is -2.01. The van der Waals surface area contributed by atoms with Crippen LogP contribution in [0.1, 0.15) is 41.4 Å². The van der Waals surface area contributed by atoms with Gasteiger partial charge in [-0.3, -0.25) is 0 Å². The molecule has 0 aliphatic carbocycles. The van der Waals surface area contributed by atoms with Crippen LogP contribution in [0.4, 0.5) is 0 Å². The predicted octanol–water partition coefficient (Wildman–Crippen LogP) is 6.95. The van der Waals surface area contributed by atoms with E-state index >= 15 is 0 Å². The summed E-state index contributed by atoms with van der Waals surface area (Å²) in [6.45, 7) is 4.67. The Hall–Kier alpha value is -3.29. The molecule has 0 radical (unpaired) electrons. The number of aromatic nitrogens is 3. The van der Waals surface area contributed by atoms with E-state index in [0.29, 0.717) is 18.1 Å². The maximum absolute atomic E-state index is 6.05. The second-order valence-corrected chi connectivity index (χ2v) is 9.62. The van der Waals surface area contributed by atoms with Gasteiger partial charge in [0, 0.05) is 17.2 Å². The van der Waals surface area contributed by atoms with E-state index in [1.54, 1.807) is 25.1 Å². The Labute approximate surface area is 221 Å². The maximum Gasteiger partial charge on any atom is 0.212 e. The van der Waals surface area contributed by atoms with Gasteiger partial charge in [0.15, 0.2) is 17.3 Å². The van der Waals surface area contributed by atoms with Crippen LogP contribution in [0.3, 0.4) is 0 Å². The van der Waals surface area contributed by atoms with E-state index in [-0.39, 0.29) is 0 Å². The molecule has 1 aromatic heterocycles. The Bertz CT molecular complexity index is 1320. The Morgan fingerprint density at radius 2 is 1.83 bits per heavy atom. The summed E-state index contributed by atoms with van der Waals surface area (Å²) in [5.41, 5.74) is 4.39. The highest BCUT2D eigenvalue weighted by Crippen LogP contribution is 2.29. The summed E-state index contributed by atoms with van der Waals surface area (Å²) < 4.78 is 13.5. The van der Waals surface area contributed by atoms with Gasteiger partial charge in [-0.25, -0.2) is 0 Å². The van der Waals surface area contributed by atoms with Crippen molar-refractivity contribution in [2.45, 2.75) is 44.2 Å². The molecule has 4 aromatic rings. The summed E-state index contributed by atoms with van der Waals surface area (Å²) in [7, 11) is 1.64. The van der Waals surface area contributed by atoms with E-state index in [0.717, 1.165) is 51.3 Å². The summed E-state index contributed by atoms with van der Waals surface area (Å²) in [6.07, 6.45) is 3.54. The van der Waals surface area contributed by atoms with Gasteiger partial charge >= 0.3 is 0 Å². The highest BCUT2D eigenvalue weighted by molar-refractivity contribution is 7.98. The third-order valence-corrected chi connectivity index (χ3v) is 6.83. The van der Waals surface area contributed by atoms with Crippen LogP contribution in [-0.4, -0.2) is 28.2 Å². The van der Waals surface area contributed by atoms with Crippen molar-refractivity contribution in [3.63, 3.8) is 0 Å². The number of methoxy groups -OCH3 is 1. The van der Waals surface area contributed by atoms with E-state index in [9.17, 15) is 0 Å². The molecule has 3 aromatic carbocycles. The van der Waals surface area contributed by atoms with Crippen LogP contribution in [0.25, 0.3) is 0 Å². The lowest BCUT2D eigenvalue weighted by molar-refractivity contribution is 0.284. The number of aryl methyl sites for hydroxylation is 2. The highest BCUT2D eigenvalue weighted by Gasteiger charge is 2.12. The van der Waals surface area contributed by atoms with Crippen LogP contribution in [0, 0.1) is 6.92 Å². The van der Waals surface area contributed by atoms with Crippen LogP contribution in [-0.2, 0) is 18.8 Å². The summed E-state index contributed by atoms with van der Waals surface area (Å²) in [4.78, 5) is 0. The molecule has 0 fully saturated rings. The van der Waals surface area contributed by atoms with E-state index in [1.807, 2.05) is 59.3 Å². The standard InChI is InChI=1S/C28H29ClN4O2S/c1-4-7-27-31-32-28(36-19-21-10-13-24(29)14-11-21)33(27)30-17-22-12-15-25(26(16-22)34-3)35-18-23-9-6-5-8-20(23)2/h5-6,8-17H,4,7,18-19H2,1-3H3/b30-17-. The average molecular weight is 521 g/mol. The van der Waals surface area contributed by atoms with Gasteiger partial charge in [-0.05, 0) is 65.9 Å². The smallest absolute Gasteiger partial charge is 0.212 e. The molecule has 0 aliphatic heterocycles. The largest absolute Gasteiger partial charge is 0.493 e. The normalized spacial score (nSPS) is 11.2. The SMILES string of the molecule is CCCc1nnc(SCc2ccc(Cl)cc2)n1/N=C\c1ccc(OCc2ccccc2C)c(OC)c1. The van der Waals surface area contributed by atoms with Gasteiger partial charge in [0.25, 0.3) is 0 Å². The third-order valence-electron chi connectivity index (χ3n) is 5.59. The first-order chi connectivity index (χ1) is 17.6. The fourth-order valence-electron chi connectivity index (χ4n) is 3.55. The van der Waals surface area contributed by atoms with Crippen molar-refractivity contribution in [2.75, 3.05) is 7.11 Å². The van der Waals surface area contributed by atoms with Crippen LogP contribution in [0.2, 0.25) is 5.02 Å². The van der Waals surface area contributed by atoms with Crippen LogP contribution in [0.15, 0.2) is 77.0 Å². The first kappa shape index (κ1) is 25.8. The maximum atomic E-state index is 6.05. The molecule has 8 heteroatoms. The third kappa shape index (κ3) is 6.68. The average Bonchev–Trinajstić information content (AvgIpc) is 3.28. The lowest BCUT2D eigenvalue weighted by Gasteiger charge is -2.12. The Morgan fingerprint density at radius 1 is 1.03 bits per heavy atom. The van der Waals surface area contributed by atoms with E-state index in [1.165, 1.54) is 5.56 Å². The molecule has 0 N–H and O–H groups in total. The first-order valence-electron chi connectivity index (χ1n) is 11.8. The molecule has 0 bridgehead atoms. The number of rotatable bonds is 11. The number of halogens is 1. The van der Waals surface area contributed by atoms with Crippen molar-refractivity contribution in [3.8, 4) is 11.5 Å². The molecule has 0 aliphatic rings. The summed E-state index contributed by atoms with van der Waals surface area (Å²) >= 11 is 7.60. The molecule has 0 atom stereocenters. The van der Waals surface area contributed by atoms with Crippen LogP contribution >= 0.6 is 23.4 Å². The number of benzene rings is 3. The molecule has 1 heterocycles. The molecule has 0 spiro atoms. The second-order valence-electron chi connectivity index (χ2n) is 8.25. The molecular weight excluding hydrogens is 492 g/mol. The van der Waals surface area contributed by atoms with Gasteiger partial charge in [-0.2, -0.15) is 9.78 Å². The van der Waals surface area contributed by atoms with Gasteiger partial charge in [-0.15, -0.1) is 10.2 Å². The fourth-order valence-corrected chi connectivity index (χ4v) is 4.53. The number of ether oxygens (including phenoxy) is 2. The summed E-state index contributed by atoms with van der Waals surface area (Å²) in [5.74, 6) is 2.92. The highest BCUT2D eigenvalue weighted by atomic mass is 35.5. The molecule has 6 nitrogen and oxygen atoms in total. The minimum atomic E-state index is 0.478. The molecule has 0 amide bonds. The Kier molecular flexibility index (Phi) is 9.03. The molecule has 0 unspecified atom stereocenters. The molecule has 0 saturated heterocycles. The zero-order chi connectivity index (χ0) is 25.3. The number of thioether (sulfide) groups is 1. The van der Waals surface area contributed by atoms with Crippen molar-refractivity contribution in [1.82, 2.24) is 14.9 Å². The second kappa shape index (κ2) is 12.6. The van der Waals surface area contributed by atoms with E-state index in [4.69, 9.17) is 26.2 Å². The molecule has 186 valence electrons. The topological polar surface area (TPSA) is 61.5 Å². The number of nitrogens with zero attached hydrogens (tertiary/aromatic N) is 4. The van der Waals surface area contributed by atoms with Crippen LogP contribution < -0.4 is 9.47 Å². The molecule has 4 rings (SSSR count). The zero-order valence-electron chi connectivity index (χ0n) is 20.6. The quantitative estimate of drug-likeness (QED) is 0.158. The zero-order valence-corrected chi connectivity index (χ0v) is 22.2. The first-order valence-corrected chi connectivity index (χ1v) is 13.1. The number of hydrogen-bond acceptors (Lipinski definition) is 6. The van der Waals surface area contributed by atoms with Gasteiger partial charge in [0.05, 0.1) is 13.3 Å². The van der Waals surface area contributed by atoms with Gasteiger partial charge in [-0.1, -0.05) is 66.7 Å². The lowest BCUT2D eigenvalue weighted by atomic mass is 10.1. The molecular formula is C28H29ClN4O2S.